The van der Waals surface area contributed by atoms with Gasteiger partial charge < -0.3 is 9.47 Å². The van der Waals surface area contributed by atoms with E-state index in [9.17, 15) is 8.42 Å². The van der Waals surface area contributed by atoms with Gasteiger partial charge >= 0.3 is 0 Å². The predicted octanol–water partition coefficient (Wildman–Crippen LogP) is 3.92. The van der Waals surface area contributed by atoms with E-state index >= 15 is 0 Å². The Balaban J connectivity index is 1.84. The van der Waals surface area contributed by atoms with E-state index in [1.807, 2.05) is 24.3 Å². The number of hydrogen-bond acceptors (Lipinski definition) is 5. The van der Waals surface area contributed by atoms with Crippen molar-refractivity contribution in [3.8, 4) is 5.75 Å². The molecule has 2 aromatic carbocycles. The highest BCUT2D eigenvalue weighted by Crippen LogP contribution is 2.30. The summed E-state index contributed by atoms with van der Waals surface area (Å²) >= 11 is 12.3. The van der Waals surface area contributed by atoms with Crippen LogP contribution in [0.5, 0.6) is 5.75 Å². The molecule has 0 amide bonds. The monoisotopic (exact) mass is 472 g/mol. The van der Waals surface area contributed by atoms with E-state index in [1.54, 1.807) is 13.2 Å². The Hall–Kier alpha value is -1.35. The molecule has 1 aliphatic rings. The SMILES string of the molecule is COc1ccccc1CN(CCCN1CCOCC1)S(=O)(=O)c1cc(Cl)ccc1Cl. The van der Waals surface area contributed by atoms with E-state index in [1.165, 1.54) is 16.4 Å². The zero-order valence-corrected chi connectivity index (χ0v) is 19.2. The second-order valence-corrected chi connectivity index (χ2v) is 9.78. The Morgan fingerprint density at radius 1 is 1.13 bits per heavy atom. The topological polar surface area (TPSA) is 59.1 Å². The van der Waals surface area contributed by atoms with Crippen molar-refractivity contribution in [3.63, 3.8) is 0 Å². The van der Waals surface area contributed by atoms with Crippen molar-refractivity contribution in [3.05, 3.63) is 58.1 Å². The first-order chi connectivity index (χ1) is 14.4. The van der Waals surface area contributed by atoms with Crippen LogP contribution in [0.25, 0.3) is 0 Å². The van der Waals surface area contributed by atoms with Gasteiger partial charge in [-0.2, -0.15) is 4.31 Å². The van der Waals surface area contributed by atoms with Crippen LogP contribution >= 0.6 is 23.2 Å². The van der Waals surface area contributed by atoms with Gasteiger partial charge in [-0.3, -0.25) is 4.90 Å². The molecule has 0 radical (unpaired) electrons. The van der Waals surface area contributed by atoms with E-state index in [0.29, 0.717) is 37.0 Å². The Morgan fingerprint density at radius 3 is 2.60 bits per heavy atom. The molecule has 1 fully saturated rings. The van der Waals surface area contributed by atoms with Crippen molar-refractivity contribution in [2.75, 3.05) is 46.5 Å². The van der Waals surface area contributed by atoms with Crippen molar-refractivity contribution in [2.24, 2.45) is 0 Å². The van der Waals surface area contributed by atoms with E-state index in [4.69, 9.17) is 32.7 Å². The summed E-state index contributed by atoms with van der Waals surface area (Å²) in [4.78, 5) is 2.29. The van der Waals surface area contributed by atoms with Crippen molar-refractivity contribution < 1.29 is 17.9 Å². The molecule has 0 bridgehead atoms. The van der Waals surface area contributed by atoms with Gasteiger partial charge in [0.25, 0.3) is 0 Å². The maximum absolute atomic E-state index is 13.5. The molecule has 0 unspecified atom stereocenters. The minimum Gasteiger partial charge on any atom is -0.496 e. The fraction of sp³-hybridized carbons (Fsp3) is 0.429. The molecule has 0 aliphatic carbocycles. The van der Waals surface area contributed by atoms with Crippen LogP contribution in [0.2, 0.25) is 10.0 Å². The highest BCUT2D eigenvalue weighted by molar-refractivity contribution is 7.89. The maximum Gasteiger partial charge on any atom is 0.244 e. The maximum atomic E-state index is 13.5. The number of methoxy groups -OCH3 is 1. The number of hydrogen-bond donors (Lipinski definition) is 0. The molecule has 0 spiro atoms. The lowest BCUT2D eigenvalue weighted by Crippen LogP contribution is -2.39. The Morgan fingerprint density at radius 2 is 1.87 bits per heavy atom. The number of halogens is 2. The number of sulfonamides is 1. The van der Waals surface area contributed by atoms with Gasteiger partial charge in [0.1, 0.15) is 10.6 Å². The third-order valence-electron chi connectivity index (χ3n) is 5.04. The normalized spacial score (nSPS) is 15.5. The average molecular weight is 473 g/mol. The lowest BCUT2D eigenvalue weighted by molar-refractivity contribution is 0.0368. The quantitative estimate of drug-likeness (QED) is 0.553. The summed E-state index contributed by atoms with van der Waals surface area (Å²) in [7, 11) is -2.29. The molecule has 9 heteroatoms. The minimum atomic E-state index is -3.86. The van der Waals surface area contributed by atoms with Gasteiger partial charge in [0, 0.05) is 36.8 Å². The molecule has 1 saturated heterocycles. The largest absolute Gasteiger partial charge is 0.496 e. The van der Waals surface area contributed by atoms with E-state index in [2.05, 4.69) is 4.90 Å². The molecule has 0 atom stereocenters. The zero-order chi connectivity index (χ0) is 21.6. The van der Waals surface area contributed by atoms with E-state index in [-0.39, 0.29) is 16.5 Å². The predicted molar refractivity (Wildman–Crippen MR) is 119 cm³/mol. The van der Waals surface area contributed by atoms with Gasteiger partial charge in [-0.15, -0.1) is 0 Å². The van der Waals surface area contributed by atoms with Gasteiger partial charge in [-0.05, 0) is 37.2 Å². The van der Waals surface area contributed by atoms with Crippen molar-refractivity contribution in [1.82, 2.24) is 9.21 Å². The summed E-state index contributed by atoms with van der Waals surface area (Å²) < 4.78 is 39.2. The molecule has 0 N–H and O–H groups in total. The molecule has 1 aliphatic heterocycles. The fourth-order valence-corrected chi connectivity index (χ4v) is 5.61. The van der Waals surface area contributed by atoms with Crippen molar-refractivity contribution in [2.45, 2.75) is 17.9 Å². The first kappa shape index (κ1) is 23.3. The summed E-state index contributed by atoms with van der Waals surface area (Å²) in [6.07, 6.45) is 0.687. The van der Waals surface area contributed by atoms with Crippen LogP contribution in [0, 0.1) is 0 Å². The lowest BCUT2D eigenvalue weighted by atomic mass is 10.2. The number of ether oxygens (including phenoxy) is 2. The summed E-state index contributed by atoms with van der Waals surface area (Å²) in [5.74, 6) is 0.642. The smallest absolute Gasteiger partial charge is 0.244 e. The Kier molecular flexibility index (Phi) is 8.39. The fourth-order valence-electron chi connectivity index (χ4n) is 3.42. The van der Waals surface area contributed by atoms with Crippen LogP contribution in [0.4, 0.5) is 0 Å². The van der Waals surface area contributed by atoms with Crippen LogP contribution in [0.15, 0.2) is 47.4 Å². The standard InChI is InChI=1S/C21H26Cl2N2O4S/c1-28-20-6-3-2-5-17(20)16-25(10-4-9-24-11-13-29-14-12-24)30(26,27)21-15-18(22)7-8-19(21)23/h2-3,5-8,15H,4,9-14,16H2,1H3. The third-order valence-corrected chi connectivity index (χ3v) is 7.60. The van der Waals surface area contributed by atoms with Gasteiger partial charge in [0.05, 0.1) is 25.3 Å². The molecule has 2 aromatic rings. The van der Waals surface area contributed by atoms with Crippen LogP contribution in [-0.4, -0.2) is 64.1 Å². The van der Waals surface area contributed by atoms with Gasteiger partial charge in [0.15, 0.2) is 0 Å². The number of benzene rings is 2. The summed E-state index contributed by atoms with van der Waals surface area (Å²) in [6.45, 7) is 4.46. The second-order valence-electron chi connectivity index (χ2n) is 7.03. The molecular weight excluding hydrogens is 447 g/mol. The number of para-hydroxylation sites is 1. The van der Waals surface area contributed by atoms with E-state index < -0.39 is 10.0 Å². The van der Waals surface area contributed by atoms with Crippen LogP contribution in [-0.2, 0) is 21.3 Å². The first-order valence-electron chi connectivity index (χ1n) is 9.79. The highest BCUT2D eigenvalue weighted by Gasteiger charge is 2.28. The number of morpholine rings is 1. The Labute approximate surface area is 188 Å². The Bertz CT molecular complexity index is 950. The summed E-state index contributed by atoms with van der Waals surface area (Å²) in [6, 6.07) is 11.9. The third kappa shape index (κ3) is 5.87. The molecule has 0 aromatic heterocycles. The molecule has 30 heavy (non-hydrogen) atoms. The molecule has 1 heterocycles. The average Bonchev–Trinajstić information content (AvgIpc) is 2.75. The molecule has 0 saturated carbocycles. The van der Waals surface area contributed by atoms with Crippen LogP contribution < -0.4 is 4.74 Å². The van der Waals surface area contributed by atoms with Crippen molar-refractivity contribution >= 4 is 33.2 Å². The van der Waals surface area contributed by atoms with Gasteiger partial charge in [0.2, 0.25) is 10.0 Å². The highest BCUT2D eigenvalue weighted by atomic mass is 35.5. The molecular formula is C21H26Cl2N2O4S. The lowest BCUT2D eigenvalue weighted by Gasteiger charge is -2.28. The summed E-state index contributed by atoms with van der Waals surface area (Å²) in [5, 5.41) is 0.473. The zero-order valence-electron chi connectivity index (χ0n) is 16.9. The molecule has 3 rings (SSSR count). The van der Waals surface area contributed by atoms with E-state index in [0.717, 1.165) is 25.2 Å². The number of rotatable bonds is 9. The van der Waals surface area contributed by atoms with Crippen LogP contribution in [0.1, 0.15) is 12.0 Å². The first-order valence-corrected chi connectivity index (χ1v) is 12.0. The van der Waals surface area contributed by atoms with Gasteiger partial charge in [-0.25, -0.2) is 8.42 Å². The molecule has 6 nitrogen and oxygen atoms in total. The summed E-state index contributed by atoms with van der Waals surface area (Å²) in [5.41, 5.74) is 0.785. The van der Waals surface area contributed by atoms with Crippen molar-refractivity contribution in [1.29, 1.82) is 0 Å². The van der Waals surface area contributed by atoms with Crippen LogP contribution in [0.3, 0.4) is 0 Å². The van der Waals surface area contributed by atoms with Gasteiger partial charge in [-0.1, -0.05) is 41.4 Å². The number of nitrogens with zero attached hydrogens (tertiary/aromatic N) is 2. The second kappa shape index (κ2) is 10.8. The minimum absolute atomic E-state index is 0.0120. The molecule has 164 valence electrons.